The number of aliphatic imine (C=N–C) groups is 2. The number of aromatic nitrogens is 2. The van der Waals surface area contributed by atoms with Gasteiger partial charge in [-0.1, -0.05) is 0 Å². The molecule has 13 nitrogen and oxygen atoms in total. The van der Waals surface area contributed by atoms with Crippen molar-refractivity contribution < 1.29 is 32.9 Å². The zero-order valence-corrected chi connectivity index (χ0v) is 19.2. The third-order valence-corrected chi connectivity index (χ3v) is 7.15. The predicted molar refractivity (Wildman–Crippen MR) is 114 cm³/mol. The van der Waals surface area contributed by atoms with Gasteiger partial charge in [0.25, 0.3) is 0 Å². The molecule has 0 saturated carbocycles. The van der Waals surface area contributed by atoms with E-state index in [0.29, 0.717) is 37.8 Å². The summed E-state index contributed by atoms with van der Waals surface area (Å²) in [6, 6.07) is 0. The van der Waals surface area contributed by atoms with Crippen LogP contribution in [0.25, 0.3) is 0 Å². The molecule has 0 radical (unpaired) electrons. The van der Waals surface area contributed by atoms with Gasteiger partial charge >= 0.3 is 7.75 Å². The Morgan fingerprint density at radius 1 is 1.41 bits per heavy atom. The summed E-state index contributed by atoms with van der Waals surface area (Å²) in [4.78, 5) is 22.7. The Morgan fingerprint density at radius 3 is 2.75 bits per heavy atom. The molecule has 32 heavy (non-hydrogen) atoms. The fourth-order valence-corrected chi connectivity index (χ4v) is 5.23. The van der Waals surface area contributed by atoms with Gasteiger partial charge in [0, 0.05) is 20.1 Å². The Balaban J connectivity index is 1.55. The lowest BCUT2D eigenvalue weighted by Gasteiger charge is -2.30. The van der Waals surface area contributed by atoms with Crippen LogP contribution in [0.15, 0.2) is 16.3 Å². The minimum Gasteiger partial charge on any atom is -0.382 e. The maximum Gasteiger partial charge on any atom is 0.405 e. The number of amidine groups is 1. The van der Waals surface area contributed by atoms with Gasteiger partial charge in [-0.15, -0.1) is 0 Å². The van der Waals surface area contributed by atoms with E-state index in [4.69, 9.17) is 29.2 Å². The zero-order valence-electron chi connectivity index (χ0n) is 18.3. The van der Waals surface area contributed by atoms with Gasteiger partial charge in [0.05, 0.1) is 26.1 Å². The highest BCUT2D eigenvalue weighted by molar-refractivity contribution is 7.50. The summed E-state index contributed by atoms with van der Waals surface area (Å²) in [5.74, 6) is -0.304. The van der Waals surface area contributed by atoms with Crippen LogP contribution in [0.2, 0.25) is 0 Å². The number of ether oxygens (including phenoxy) is 4. The molecule has 5 atom stereocenters. The van der Waals surface area contributed by atoms with E-state index in [1.54, 1.807) is 25.5 Å². The standard InChI is InChI=1S/C18H29N6O7P/c1-18(2)30-13-11(9-28-32(25,26)23-5-7-27-8-6-23)29-17(14(13)31-18)24-10-22-12(15(19)20-3)16(24)21-4/h10-11,13-14,17H,4-9H2,1-3H3,(H2,19,20)(H,25,26)/t11-,13?,14?,17-/m1/s1. The Hall–Kier alpha value is -1.70. The fourth-order valence-electron chi connectivity index (χ4n) is 4.06. The summed E-state index contributed by atoms with van der Waals surface area (Å²) in [5, 5.41) is 0. The first-order valence-corrected chi connectivity index (χ1v) is 11.8. The first-order valence-electron chi connectivity index (χ1n) is 10.2. The zero-order chi connectivity index (χ0) is 23.1. The molecule has 1 aromatic heterocycles. The average Bonchev–Trinajstić information content (AvgIpc) is 3.42. The van der Waals surface area contributed by atoms with Crippen molar-refractivity contribution in [1.82, 2.24) is 14.2 Å². The van der Waals surface area contributed by atoms with Crippen molar-refractivity contribution >= 4 is 26.1 Å². The summed E-state index contributed by atoms with van der Waals surface area (Å²) in [6.07, 6.45) is -0.929. The molecule has 3 unspecified atom stereocenters. The van der Waals surface area contributed by atoms with Gasteiger partial charge in [0.2, 0.25) is 0 Å². The van der Waals surface area contributed by atoms with Gasteiger partial charge in [-0.3, -0.25) is 14.1 Å². The van der Waals surface area contributed by atoms with Gasteiger partial charge in [-0.25, -0.2) is 19.2 Å². The lowest BCUT2D eigenvalue weighted by atomic mass is 10.1. The molecule has 0 amide bonds. The molecule has 0 spiro atoms. The molecule has 14 heteroatoms. The number of rotatable bonds is 7. The lowest BCUT2D eigenvalue weighted by Crippen LogP contribution is -2.36. The molecular weight excluding hydrogens is 443 g/mol. The van der Waals surface area contributed by atoms with Crippen LogP contribution >= 0.6 is 7.75 Å². The van der Waals surface area contributed by atoms with Gasteiger partial charge in [0.15, 0.2) is 17.8 Å². The molecule has 3 aliphatic rings. The van der Waals surface area contributed by atoms with Gasteiger partial charge in [0.1, 0.15) is 29.8 Å². The maximum atomic E-state index is 12.7. The predicted octanol–water partition coefficient (Wildman–Crippen LogP) is 0.417. The number of hydrogen-bond donors (Lipinski definition) is 2. The summed E-state index contributed by atoms with van der Waals surface area (Å²) in [6.45, 7) is 8.39. The summed E-state index contributed by atoms with van der Waals surface area (Å²) >= 11 is 0. The summed E-state index contributed by atoms with van der Waals surface area (Å²) < 4.78 is 44.7. The third kappa shape index (κ3) is 4.39. The maximum absolute atomic E-state index is 12.7. The highest BCUT2D eigenvalue weighted by atomic mass is 31.2. The molecule has 3 N–H and O–H groups in total. The first kappa shape index (κ1) is 23.5. The first-order chi connectivity index (χ1) is 15.2. The second-order valence-electron chi connectivity index (χ2n) is 8.07. The van der Waals surface area contributed by atoms with Crippen LogP contribution in [0.1, 0.15) is 25.8 Å². The van der Waals surface area contributed by atoms with E-state index in [2.05, 4.69) is 21.7 Å². The summed E-state index contributed by atoms with van der Waals surface area (Å²) in [7, 11) is -2.46. The number of morpholine rings is 1. The minimum atomic E-state index is -4.01. The molecule has 0 aliphatic carbocycles. The number of fused-ring (bicyclic) bond motifs is 1. The normalized spacial score (nSPS) is 32.6. The second-order valence-corrected chi connectivity index (χ2v) is 9.88. The quantitative estimate of drug-likeness (QED) is 0.324. The number of imidazole rings is 1. The van der Waals surface area contributed by atoms with E-state index in [1.807, 2.05) is 0 Å². The van der Waals surface area contributed by atoms with Gasteiger partial charge < -0.3 is 29.6 Å². The number of hydrogen-bond acceptors (Lipinski definition) is 9. The van der Waals surface area contributed by atoms with Crippen LogP contribution in [0.5, 0.6) is 0 Å². The molecule has 3 saturated heterocycles. The van der Waals surface area contributed by atoms with Crippen LogP contribution in [0, 0.1) is 0 Å². The van der Waals surface area contributed by atoms with E-state index in [-0.39, 0.29) is 12.4 Å². The Morgan fingerprint density at radius 2 is 2.09 bits per heavy atom. The number of nitrogens with two attached hydrogens (primary N) is 1. The Kier molecular flexibility index (Phi) is 6.54. The Bertz CT molecular complexity index is 931. The van der Waals surface area contributed by atoms with Crippen molar-refractivity contribution in [2.45, 2.75) is 44.2 Å². The Labute approximate surface area is 185 Å². The molecule has 4 heterocycles. The van der Waals surface area contributed by atoms with Crippen LogP contribution in [0.3, 0.4) is 0 Å². The van der Waals surface area contributed by atoms with Crippen molar-refractivity contribution in [2.24, 2.45) is 15.7 Å². The molecule has 178 valence electrons. The highest BCUT2D eigenvalue weighted by Crippen LogP contribution is 2.49. The average molecular weight is 472 g/mol. The number of nitrogens with zero attached hydrogens (tertiary/aromatic N) is 5. The van der Waals surface area contributed by atoms with E-state index in [1.165, 1.54) is 11.0 Å². The van der Waals surface area contributed by atoms with Gasteiger partial charge in [-0.05, 0) is 20.6 Å². The van der Waals surface area contributed by atoms with Crippen molar-refractivity contribution in [1.29, 1.82) is 0 Å². The van der Waals surface area contributed by atoms with E-state index in [9.17, 15) is 9.46 Å². The van der Waals surface area contributed by atoms with Crippen molar-refractivity contribution in [3.05, 3.63) is 12.0 Å². The van der Waals surface area contributed by atoms with Crippen LogP contribution in [-0.4, -0.2) is 95.7 Å². The van der Waals surface area contributed by atoms with Crippen molar-refractivity contribution in [3.63, 3.8) is 0 Å². The molecule has 3 fully saturated rings. The molecular formula is C18H29N6O7P. The highest BCUT2D eigenvalue weighted by Gasteiger charge is 2.56. The monoisotopic (exact) mass is 472 g/mol. The smallest absolute Gasteiger partial charge is 0.382 e. The van der Waals surface area contributed by atoms with Crippen LogP contribution < -0.4 is 5.73 Å². The van der Waals surface area contributed by atoms with Crippen molar-refractivity contribution in [2.75, 3.05) is 40.0 Å². The largest absolute Gasteiger partial charge is 0.405 e. The van der Waals surface area contributed by atoms with Crippen molar-refractivity contribution in [3.8, 4) is 0 Å². The topological polar surface area (TPSA) is 155 Å². The van der Waals surface area contributed by atoms with E-state index >= 15 is 0 Å². The van der Waals surface area contributed by atoms with E-state index < -0.39 is 38.1 Å². The molecule has 0 bridgehead atoms. The molecule has 4 rings (SSSR count). The lowest BCUT2D eigenvalue weighted by molar-refractivity contribution is -0.199. The summed E-state index contributed by atoms with van der Waals surface area (Å²) in [5.41, 5.74) is 6.29. The van der Waals surface area contributed by atoms with E-state index in [0.717, 1.165) is 0 Å². The molecule has 3 aliphatic heterocycles. The fraction of sp³-hybridized carbons (Fsp3) is 0.722. The SMILES string of the molecule is C=Nc1c(C(N)=NC)ncn1[C@@H]1O[C@H](COP(=O)(O)N2CCOCC2)C2OC(C)(C)OC21. The second kappa shape index (κ2) is 8.92. The third-order valence-electron chi connectivity index (χ3n) is 5.55. The molecule has 1 aromatic rings. The molecule has 0 aromatic carbocycles. The minimum absolute atomic E-state index is 0.167. The van der Waals surface area contributed by atoms with Crippen LogP contribution in [0.4, 0.5) is 5.82 Å². The van der Waals surface area contributed by atoms with Crippen LogP contribution in [-0.2, 0) is 28.0 Å². The van der Waals surface area contributed by atoms with Gasteiger partial charge in [-0.2, -0.15) is 0 Å².